The maximum atomic E-state index is 8.19. The van der Waals surface area contributed by atoms with Crippen molar-refractivity contribution in [3.05, 3.63) is 42.5 Å². The summed E-state index contributed by atoms with van der Waals surface area (Å²) >= 11 is 0. The molecular formula is C17H24N6. The van der Waals surface area contributed by atoms with Crippen molar-refractivity contribution in [2.24, 2.45) is 0 Å². The van der Waals surface area contributed by atoms with Gasteiger partial charge >= 0.3 is 0 Å². The van der Waals surface area contributed by atoms with Crippen LogP contribution < -0.4 is 10.2 Å². The van der Waals surface area contributed by atoms with E-state index >= 15 is 0 Å². The zero-order valence-corrected chi connectivity index (χ0v) is 13.8. The van der Waals surface area contributed by atoms with Crippen molar-refractivity contribution < 1.29 is 0 Å². The third kappa shape index (κ3) is 3.53. The minimum absolute atomic E-state index is 0.323. The van der Waals surface area contributed by atoms with Crippen LogP contribution in [0.5, 0.6) is 0 Å². The molecule has 1 aromatic heterocycles. The third-order valence-electron chi connectivity index (χ3n) is 4.28. The number of piperazine rings is 1. The van der Waals surface area contributed by atoms with E-state index in [4.69, 9.17) is 5.41 Å². The molecule has 0 spiro atoms. The van der Waals surface area contributed by atoms with E-state index < -0.39 is 0 Å². The van der Waals surface area contributed by atoms with Crippen LogP contribution in [0.1, 0.15) is 12.7 Å². The van der Waals surface area contributed by atoms with Gasteiger partial charge in [-0.25, -0.2) is 4.98 Å². The number of amidine groups is 1. The highest BCUT2D eigenvalue weighted by Gasteiger charge is 2.14. The van der Waals surface area contributed by atoms with Crippen LogP contribution in [-0.4, -0.2) is 53.5 Å². The lowest BCUT2D eigenvalue weighted by atomic mass is 10.2. The molecule has 3 rings (SSSR count). The first-order valence-corrected chi connectivity index (χ1v) is 8.08. The van der Waals surface area contributed by atoms with Crippen molar-refractivity contribution in [1.82, 2.24) is 14.5 Å². The molecule has 6 nitrogen and oxygen atoms in total. The summed E-state index contributed by atoms with van der Waals surface area (Å²) in [5, 5.41) is 11.3. The van der Waals surface area contributed by atoms with Crippen molar-refractivity contribution in [2.75, 3.05) is 43.4 Å². The fraction of sp³-hybridized carbons (Fsp3) is 0.412. The molecule has 1 fully saturated rings. The van der Waals surface area contributed by atoms with Gasteiger partial charge in [-0.2, -0.15) is 0 Å². The van der Waals surface area contributed by atoms with Gasteiger partial charge in [0.1, 0.15) is 0 Å². The molecule has 6 heteroatoms. The predicted molar refractivity (Wildman–Crippen MR) is 94.5 cm³/mol. The lowest BCUT2D eigenvalue weighted by molar-refractivity contribution is 0.313. The molecule has 2 heterocycles. The monoisotopic (exact) mass is 312 g/mol. The first kappa shape index (κ1) is 15.6. The van der Waals surface area contributed by atoms with E-state index in [1.165, 1.54) is 5.69 Å². The van der Waals surface area contributed by atoms with Crippen molar-refractivity contribution in [1.29, 1.82) is 5.41 Å². The normalized spacial score (nSPS) is 15.7. The smallest absolute Gasteiger partial charge is 0.175 e. The molecule has 1 aromatic carbocycles. The molecule has 1 aliphatic heterocycles. The number of hydrogen-bond donors (Lipinski definition) is 2. The van der Waals surface area contributed by atoms with Gasteiger partial charge in [0.25, 0.3) is 0 Å². The number of nitrogens with zero attached hydrogens (tertiary/aromatic N) is 4. The molecule has 2 aromatic rings. The molecule has 0 radical (unpaired) electrons. The van der Waals surface area contributed by atoms with E-state index in [1.807, 2.05) is 29.8 Å². The molecule has 0 saturated carbocycles. The molecule has 0 amide bonds. The number of nitrogens with one attached hydrogen (secondary N) is 2. The number of aryl methyl sites for hydroxylation is 1. The first-order chi connectivity index (χ1) is 11.2. The molecule has 23 heavy (non-hydrogen) atoms. The molecule has 0 unspecified atom stereocenters. The lowest BCUT2D eigenvalue weighted by Gasteiger charge is -2.34. The molecule has 0 bridgehead atoms. The van der Waals surface area contributed by atoms with Crippen LogP contribution in [0.25, 0.3) is 0 Å². The quantitative estimate of drug-likeness (QED) is 0.670. The third-order valence-corrected chi connectivity index (χ3v) is 4.28. The van der Waals surface area contributed by atoms with E-state index in [-0.39, 0.29) is 0 Å². The fourth-order valence-corrected chi connectivity index (χ4v) is 2.81. The van der Waals surface area contributed by atoms with Gasteiger partial charge in [0.05, 0.1) is 0 Å². The Hall–Kier alpha value is -2.34. The molecule has 1 aliphatic rings. The largest absolute Gasteiger partial charge is 0.369 e. The molecule has 122 valence electrons. The molecule has 0 atom stereocenters. The second-order valence-electron chi connectivity index (χ2n) is 5.87. The highest BCUT2D eigenvalue weighted by molar-refractivity contribution is 6.03. The van der Waals surface area contributed by atoms with E-state index in [9.17, 15) is 0 Å². The highest BCUT2D eigenvalue weighted by Crippen LogP contribution is 2.19. The summed E-state index contributed by atoms with van der Waals surface area (Å²) in [6, 6.07) is 8.29. The Morgan fingerprint density at radius 2 is 1.87 bits per heavy atom. The minimum atomic E-state index is 0.323. The summed E-state index contributed by atoms with van der Waals surface area (Å²) in [5.41, 5.74) is 2.16. The number of hydrogen-bond acceptors (Lipinski definition) is 4. The van der Waals surface area contributed by atoms with Crippen LogP contribution in [0.3, 0.4) is 0 Å². The Labute approximate surface area is 137 Å². The Morgan fingerprint density at radius 3 is 2.52 bits per heavy atom. The van der Waals surface area contributed by atoms with Crippen LogP contribution in [-0.2, 0) is 6.54 Å². The number of aromatic nitrogens is 2. The number of imidazole rings is 1. The Balaban J connectivity index is 1.64. The van der Waals surface area contributed by atoms with Crippen LogP contribution in [0.4, 0.5) is 11.4 Å². The average Bonchev–Trinajstić information content (AvgIpc) is 3.05. The number of likely N-dealkylation sites (N-methyl/N-ethyl adjacent to an activating group) is 1. The van der Waals surface area contributed by atoms with E-state index in [1.54, 1.807) is 6.20 Å². The van der Waals surface area contributed by atoms with E-state index in [0.29, 0.717) is 11.7 Å². The van der Waals surface area contributed by atoms with Crippen molar-refractivity contribution >= 4 is 17.2 Å². The molecular weight excluding hydrogens is 288 g/mol. The van der Waals surface area contributed by atoms with Crippen LogP contribution in [0.15, 0.2) is 36.7 Å². The summed E-state index contributed by atoms with van der Waals surface area (Å²) in [4.78, 5) is 9.00. The number of benzene rings is 1. The van der Waals surface area contributed by atoms with Gasteiger partial charge in [0, 0.05) is 56.5 Å². The maximum absolute atomic E-state index is 8.19. The summed E-state index contributed by atoms with van der Waals surface area (Å²) in [5.74, 6) is 0.986. The fourth-order valence-electron chi connectivity index (χ4n) is 2.81. The van der Waals surface area contributed by atoms with Gasteiger partial charge in [-0.1, -0.05) is 0 Å². The van der Waals surface area contributed by atoms with Crippen LogP contribution >= 0.6 is 0 Å². The second kappa shape index (κ2) is 6.83. The summed E-state index contributed by atoms with van der Waals surface area (Å²) in [6.07, 6.45) is 3.62. The van der Waals surface area contributed by atoms with Gasteiger partial charge in [0.2, 0.25) is 0 Å². The summed E-state index contributed by atoms with van der Waals surface area (Å²) in [6.45, 7) is 7.18. The van der Waals surface area contributed by atoms with E-state index in [0.717, 1.165) is 38.4 Å². The zero-order valence-electron chi connectivity index (χ0n) is 13.8. The Kier molecular flexibility index (Phi) is 4.62. The minimum Gasteiger partial charge on any atom is -0.369 e. The van der Waals surface area contributed by atoms with Gasteiger partial charge < -0.3 is 19.7 Å². The molecule has 0 aliphatic carbocycles. The Bertz CT molecular complexity index is 652. The highest BCUT2D eigenvalue weighted by atomic mass is 15.2. The topological polar surface area (TPSA) is 60.2 Å². The predicted octanol–water partition coefficient (Wildman–Crippen LogP) is 2.09. The first-order valence-electron chi connectivity index (χ1n) is 8.08. The Morgan fingerprint density at radius 1 is 1.17 bits per heavy atom. The number of rotatable bonds is 4. The summed E-state index contributed by atoms with van der Waals surface area (Å²) in [7, 11) is 2.16. The summed E-state index contributed by atoms with van der Waals surface area (Å²) < 4.78 is 1.95. The van der Waals surface area contributed by atoms with Crippen LogP contribution in [0, 0.1) is 5.41 Å². The van der Waals surface area contributed by atoms with Crippen molar-refractivity contribution in [3.8, 4) is 0 Å². The lowest BCUT2D eigenvalue weighted by Crippen LogP contribution is -2.44. The van der Waals surface area contributed by atoms with Gasteiger partial charge in [-0.15, -0.1) is 0 Å². The van der Waals surface area contributed by atoms with Crippen LogP contribution in [0.2, 0.25) is 0 Å². The molecule has 2 N–H and O–H groups in total. The second-order valence-corrected chi connectivity index (χ2v) is 5.87. The number of anilines is 2. The maximum Gasteiger partial charge on any atom is 0.175 e. The SMILES string of the molecule is CCn1ccnc1C(=N)Nc1ccc(N2CCN(C)CC2)cc1. The van der Waals surface area contributed by atoms with Gasteiger partial charge in [-0.05, 0) is 38.2 Å². The van der Waals surface area contributed by atoms with Crippen molar-refractivity contribution in [3.63, 3.8) is 0 Å². The van der Waals surface area contributed by atoms with Gasteiger partial charge in [0.15, 0.2) is 11.7 Å². The van der Waals surface area contributed by atoms with Gasteiger partial charge in [-0.3, -0.25) is 5.41 Å². The zero-order chi connectivity index (χ0) is 16.2. The van der Waals surface area contributed by atoms with Crippen molar-refractivity contribution in [2.45, 2.75) is 13.5 Å². The average molecular weight is 312 g/mol. The van der Waals surface area contributed by atoms with E-state index in [2.05, 4.69) is 39.3 Å². The molecule has 1 saturated heterocycles. The standard InChI is InChI=1S/C17H24N6/c1-3-22-9-8-19-17(22)16(18)20-14-4-6-15(7-5-14)23-12-10-21(2)11-13-23/h4-9H,3,10-13H2,1-2H3,(H2,18,20).